The van der Waals surface area contributed by atoms with Crippen LogP contribution in [0.1, 0.15) is 16.7 Å². The molecule has 0 aliphatic carbocycles. The molecule has 0 amide bonds. The van der Waals surface area contributed by atoms with Crippen LogP contribution in [0.2, 0.25) is 0 Å². The number of hydrogen-bond donors (Lipinski definition) is 0. The molecular weight excluding hydrogens is 442 g/mol. The van der Waals surface area contributed by atoms with Gasteiger partial charge in [0.15, 0.2) is 0 Å². The molecule has 0 fully saturated rings. The topological polar surface area (TPSA) is 21.6 Å². The SMILES string of the molecule is Cc1ccccc1N=Cc1ccc(OCc2ccc(Br)cc2)c(Br)c1. The lowest BCUT2D eigenvalue weighted by molar-refractivity contribution is 0.304. The zero-order valence-corrected chi connectivity index (χ0v) is 16.9. The minimum atomic E-state index is 0.530. The highest BCUT2D eigenvalue weighted by molar-refractivity contribution is 9.10. The van der Waals surface area contributed by atoms with E-state index in [9.17, 15) is 0 Å². The molecule has 0 saturated heterocycles. The molecule has 4 heteroatoms. The molecule has 0 bridgehead atoms. The summed E-state index contributed by atoms with van der Waals surface area (Å²) in [6, 6.07) is 22.2. The lowest BCUT2D eigenvalue weighted by Gasteiger charge is -2.09. The third-order valence-electron chi connectivity index (χ3n) is 3.73. The molecule has 3 rings (SSSR count). The lowest BCUT2D eigenvalue weighted by Crippen LogP contribution is -1.96. The fraction of sp³-hybridized carbons (Fsp3) is 0.0952. The molecule has 3 aromatic rings. The first kappa shape index (κ1) is 17.9. The van der Waals surface area contributed by atoms with Crippen LogP contribution in [0.3, 0.4) is 0 Å². The first-order chi connectivity index (χ1) is 12.1. The third kappa shape index (κ3) is 5.03. The molecule has 0 heterocycles. The van der Waals surface area contributed by atoms with Crippen molar-refractivity contribution in [2.75, 3.05) is 0 Å². The number of rotatable bonds is 5. The first-order valence-corrected chi connectivity index (χ1v) is 9.47. The largest absolute Gasteiger partial charge is 0.488 e. The Hall–Kier alpha value is -1.91. The van der Waals surface area contributed by atoms with E-state index in [1.165, 1.54) is 0 Å². The van der Waals surface area contributed by atoms with Gasteiger partial charge >= 0.3 is 0 Å². The fourth-order valence-corrected chi connectivity index (χ4v) is 3.08. The number of ether oxygens (including phenoxy) is 1. The van der Waals surface area contributed by atoms with Crippen molar-refractivity contribution in [3.63, 3.8) is 0 Å². The van der Waals surface area contributed by atoms with E-state index >= 15 is 0 Å². The maximum absolute atomic E-state index is 5.89. The van der Waals surface area contributed by atoms with Crippen molar-refractivity contribution in [2.24, 2.45) is 4.99 Å². The molecule has 0 saturated carbocycles. The lowest BCUT2D eigenvalue weighted by atomic mass is 10.2. The van der Waals surface area contributed by atoms with E-state index < -0.39 is 0 Å². The number of para-hydroxylation sites is 1. The van der Waals surface area contributed by atoms with Crippen LogP contribution >= 0.6 is 31.9 Å². The van der Waals surface area contributed by atoms with Gasteiger partial charge in [-0.05, 0) is 75.9 Å². The number of aliphatic imine (C=N–C) groups is 1. The highest BCUT2D eigenvalue weighted by Crippen LogP contribution is 2.27. The summed E-state index contributed by atoms with van der Waals surface area (Å²) in [5, 5.41) is 0. The summed E-state index contributed by atoms with van der Waals surface area (Å²) in [6.45, 7) is 2.59. The Morgan fingerprint density at radius 1 is 0.960 bits per heavy atom. The Balaban J connectivity index is 1.68. The van der Waals surface area contributed by atoms with Gasteiger partial charge in [-0.2, -0.15) is 0 Å². The van der Waals surface area contributed by atoms with Crippen LogP contribution in [0.15, 0.2) is 80.7 Å². The minimum Gasteiger partial charge on any atom is -0.488 e. The summed E-state index contributed by atoms with van der Waals surface area (Å²) in [4.78, 5) is 4.56. The van der Waals surface area contributed by atoms with Gasteiger partial charge in [0.25, 0.3) is 0 Å². The number of benzene rings is 3. The van der Waals surface area contributed by atoms with E-state index in [1.54, 1.807) is 0 Å². The number of aryl methyl sites for hydroxylation is 1. The van der Waals surface area contributed by atoms with E-state index in [4.69, 9.17) is 4.74 Å². The monoisotopic (exact) mass is 457 g/mol. The standard InChI is InChI=1S/C21H17Br2NO/c1-15-4-2-3-5-20(15)24-13-17-8-11-21(19(23)12-17)25-14-16-6-9-18(22)10-7-16/h2-13H,14H2,1H3. The number of halogens is 2. The van der Waals surface area contributed by atoms with Crippen molar-refractivity contribution in [1.82, 2.24) is 0 Å². The van der Waals surface area contributed by atoms with Crippen molar-refractivity contribution < 1.29 is 4.74 Å². The van der Waals surface area contributed by atoms with Gasteiger partial charge in [0.1, 0.15) is 12.4 Å². The molecule has 126 valence electrons. The highest BCUT2D eigenvalue weighted by Gasteiger charge is 2.03. The van der Waals surface area contributed by atoms with Crippen LogP contribution in [0.4, 0.5) is 5.69 Å². The summed E-state index contributed by atoms with van der Waals surface area (Å²) in [7, 11) is 0. The molecule has 0 aromatic heterocycles. The van der Waals surface area contributed by atoms with Gasteiger partial charge in [0.2, 0.25) is 0 Å². The van der Waals surface area contributed by atoms with Gasteiger partial charge in [-0.3, -0.25) is 4.99 Å². The normalized spacial score (nSPS) is 11.0. The van der Waals surface area contributed by atoms with Gasteiger partial charge in [-0.1, -0.05) is 46.3 Å². The van der Waals surface area contributed by atoms with Crippen LogP contribution in [0.25, 0.3) is 0 Å². The average molecular weight is 459 g/mol. The van der Waals surface area contributed by atoms with Crippen molar-refractivity contribution in [3.05, 3.63) is 92.4 Å². The highest BCUT2D eigenvalue weighted by atomic mass is 79.9. The van der Waals surface area contributed by atoms with Gasteiger partial charge in [0, 0.05) is 10.7 Å². The Labute approximate surface area is 164 Å². The molecule has 0 aliphatic rings. The molecule has 0 radical (unpaired) electrons. The summed E-state index contributed by atoms with van der Waals surface area (Å²) >= 11 is 7.02. The maximum atomic E-state index is 5.89. The van der Waals surface area contributed by atoms with E-state index in [2.05, 4.69) is 49.8 Å². The van der Waals surface area contributed by atoms with Crippen LogP contribution in [-0.4, -0.2) is 6.21 Å². The molecule has 3 aromatic carbocycles. The van der Waals surface area contributed by atoms with Gasteiger partial charge in [-0.15, -0.1) is 0 Å². The predicted octanol–water partition coefficient (Wildman–Crippen LogP) is 6.85. The molecule has 0 N–H and O–H groups in total. The van der Waals surface area contributed by atoms with E-state index in [0.717, 1.165) is 37.1 Å². The van der Waals surface area contributed by atoms with Gasteiger partial charge in [0.05, 0.1) is 10.2 Å². The van der Waals surface area contributed by atoms with Crippen LogP contribution in [0.5, 0.6) is 5.75 Å². The Morgan fingerprint density at radius 2 is 1.72 bits per heavy atom. The Morgan fingerprint density at radius 3 is 2.44 bits per heavy atom. The Bertz CT molecular complexity index is 889. The fourth-order valence-electron chi connectivity index (χ4n) is 2.31. The minimum absolute atomic E-state index is 0.530. The van der Waals surface area contributed by atoms with Crippen LogP contribution < -0.4 is 4.74 Å². The zero-order valence-electron chi connectivity index (χ0n) is 13.7. The third-order valence-corrected chi connectivity index (χ3v) is 4.88. The maximum Gasteiger partial charge on any atom is 0.134 e. The molecule has 0 aliphatic heterocycles. The van der Waals surface area contributed by atoms with Crippen molar-refractivity contribution in [1.29, 1.82) is 0 Å². The summed E-state index contributed by atoms with van der Waals surface area (Å²) in [5.41, 5.74) is 4.29. The summed E-state index contributed by atoms with van der Waals surface area (Å²) in [5.74, 6) is 0.816. The van der Waals surface area contributed by atoms with Gasteiger partial charge in [-0.25, -0.2) is 0 Å². The second-order valence-electron chi connectivity index (χ2n) is 5.65. The van der Waals surface area contributed by atoms with E-state index in [1.807, 2.05) is 66.9 Å². The number of hydrogen-bond acceptors (Lipinski definition) is 2. The van der Waals surface area contributed by atoms with Crippen LogP contribution in [-0.2, 0) is 6.61 Å². The molecule has 0 spiro atoms. The van der Waals surface area contributed by atoms with E-state index in [-0.39, 0.29) is 0 Å². The Kier molecular flexibility index (Phi) is 6.05. The van der Waals surface area contributed by atoms with Crippen LogP contribution in [0, 0.1) is 6.92 Å². The molecule has 25 heavy (non-hydrogen) atoms. The van der Waals surface area contributed by atoms with Crippen molar-refractivity contribution >= 4 is 43.8 Å². The second-order valence-corrected chi connectivity index (χ2v) is 7.42. The van der Waals surface area contributed by atoms with Crippen molar-refractivity contribution in [3.8, 4) is 5.75 Å². The quantitative estimate of drug-likeness (QED) is 0.383. The van der Waals surface area contributed by atoms with E-state index in [0.29, 0.717) is 6.61 Å². The average Bonchev–Trinajstić information content (AvgIpc) is 2.62. The predicted molar refractivity (Wildman–Crippen MR) is 111 cm³/mol. The summed E-state index contributed by atoms with van der Waals surface area (Å²) < 4.78 is 7.87. The van der Waals surface area contributed by atoms with Gasteiger partial charge < -0.3 is 4.74 Å². The second kappa shape index (κ2) is 8.45. The molecule has 0 unspecified atom stereocenters. The molecule has 0 atom stereocenters. The smallest absolute Gasteiger partial charge is 0.134 e. The molecule has 2 nitrogen and oxygen atoms in total. The van der Waals surface area contributed by atoms with Crippen molar-refractivity contribution in [2.45, 2.75) is 13.5 Å². The zero-order chi connectivity index (χ0) is 17.6. The summed E-state index contributed by atoms with van der Waals surface area (Å²) in [6.07, 6.45) is 1.87. The first-order valence-electron chi connectivity index (χ1n) is 7.88. The molecular formula is C21H17Br2NO. The number of nitrogens with zero attached hydrogens (tertiary/aromatic N) is 1.